The van der Waals surface area contributed by atoms with E-state index in [1.807, 2.05) is 0 Å². The molecule has 1 aliphatic rings. The molecule has 0 aromatic rings. The zero-order valence-electron chi connectivity index (χ0n) is 5.68. The molecule has 0 saturated carbocycles. The van der Waals surface area contributed by atoms with E-state index in [9.17, 15) is 0 Å². The quantitative estimate of drug-likeness (QED) is 0.529. The molecule has 0 aromatic carbocycles. The van der Waals surface area contributed by atoms with Gasteiger partial charge in [0.15, 0.2) is 0 Å². The Bertz CT molecular complexity index is 63.0. The molecule has 0 N–H and O–H groups in total. The van der Waals surface area contributed by atoms with E-state index in [0.29, 0.717) is 0 Å². The number of hydrogen-bond donors (Lipinski definition) is 0. The zero-order valence-corrected chi connectivity index (χ0v) is 5.68. The Morgan fingerprint density at radius 2 is 2.11 bits per heavy atom. The molecule has 1 aliphatic heterocycles. The lowest BCUT2D eigenvalue weighted by molar-refractivity contribution is 0.177. The van der Waals surface area contributed by atoms with Crippen molar-refractivity contribution in [2.75, 3.05) is 13.2 Å². The van der Waals surface area contributed by atoms with Gasteiger partial charge in [-0.15, -0.1) is 0 Å². The first-order valence-electron chi connectivity index (χ1n) is 3.38. The van der Waals surface area contributed by atoms with Crippen LogP contribution in [0.15, 0.2) is 0 Å². The third-order valence-corrected chi connectivity index (χ3v) is 1.91. The molecule has 1 rings (SSSR count). The van der Waals surface area contributed by atoms with Crippen molar-refractivity contribution in [3.8, 4) is 0 Å². The highest BCUT2D eigenvalue weighted by Crippen LogP contribution is 2.20. The van der Waals surface area contributed by atoms with Gasteiger partial charge in [-0.3, -0.25) is 0 Å². The summed E-state index contributed by atoms with van der Waals surface area (Å²) in [5, 5.41) is 0. The Labute approximate surface area is 58.4 Å². The summed E-state index contributed by atoms with van der Waals surface area (Å²) >= 11 is 0. The van der Waals surface area contributed by atoms with E-state index in [1.54, 1.807) is 0 Å². The molecule has 0 amide bonds. The molecule has 1 saturated heterocycles. The Balaban J connectivity index is 0.000000640. The third-order valence-electron chi connectivity index (χ3n) is 1.91. The lowest BCUT2D eigenvalue weighted by atomic mass is 9.96. The van der Waals surface area contributed by atoms with Crippen molar-refractivity contribution >= 4 is 0 Å². The van der Waals surface area contributed by atoms with Gasteiger partial charge in [-0.2, -0.15) is 0 Å². The van der Waals surface area contributed by atoms with E-state index in [4.69, 9.17) is 4.74 Å². The van der Waals surface area contributed by atoms with Crippen LogP contribution in [-0.2, 0) is 4.74 Å². The first kappa shape index (κ1) is 8.96. The predicted octanol–water partition coefficient (Wildman–Crippen LogP) is 2.32. The Morgan fingerprint density at radius 1 is 1.44 bits per heavy atom. The summed E-state index contributed by atoms with van der Waals surface area (Å²) < 4.78 is 5.22. The van der Waals surface area contributed by atoms with Crippen LogP contribution >= 0.6 is 0 Å². The van der Waals surface area contributed by atoms with Gasteiger partial charge in [-0.1, -0.05) is 21.3 Å². The molecule has 0 spiro atoms. The summed E-state index contributed by atoms with van der Waals surface area (Å²) in [7, 11) is 0. The molecular weight excluding hydrogens is 112 g/mol. The monoisotopic (exact) mass is 130 g/mol. The van der Waals surface area contributed by atoms with Crippen molar-refractivity contribution in [2.24, 2.45) is 11.8 Å². The normalized spacial score (nSPS) is 26.3. The highest BCUT2D eigenvalue weighted by atomic mass is 16.5. The van der Waals surface area contributed by atoms with Crippen LogP contribution in [0.3, 0.4) is 0 Å². The standard InChI is InChI=1S/C7H14O.CH4/c1-6(2)7-3-4-8-5-7;/h6-7H,3-5H2,1-2H3;1H4/t7-;/m1./s1. The van der Waals surface area contributed by atoms with E-state index >= 15 is 0 Å². The average Bonchev–Trinajstić information content (AvgIpc) is 2.12. The van der Waals surface area contributed by atoms with Crippen LogP contribution in [0.4, 0.5) is 0 Å². The van der Waals surface area contributed by atoms with E-state index in [0.717, 1.165) is 25.0 Å². The minimum atomic E-state index is 0. The Kier molecular flexibility index (Phi) is 3.87. The number of ether oxygens (including phenoxy) is 1. The van der Waals surface area contributed by atoms with Gasteiger partial charge in [-0.05, 0) is 18.3 Å². The van der Waals surface area contributed by atoms with Crippen molar-refractivity contribution in [1.29, 1.82) is 0 Å². The summed E-state index contributed by atoms with van der Waals surface area (Å²) in [6.07, 6.45) is 1.28. The molecule has 0 aromatic heterocycles. The third kappa shape index (κ3) is 2.35. The van der Waals surface area contributed by atoms with Crippen LogP contribution in [0.2, 0.25) is 0 Å². The van der Waals surface area contributed by atoms with Crippen molar-refractivity contribution in [1.82, 2.24) is 0 Å². The van der Waals surface area contributed by atoms with Gasteiger partial charge in [-0.25, -0.2) is 0 Å². The molecule has 1 nitrogen and oxygen atoms in total. The summed E-state index contributed by atoms with van der Waals surface area (Å²) in [5.41, 5.74) is 0. The van der Waals surface area contributed by atoms with E-state index in [2.05, 4.69) is 13.8 Å². The van der Waals surface area contributed by atoms with Crippen LogP contribution < -0.4 is 0 Å². The van der Waals surface area contributed by atoms with Crippen LogP contribution in [-0.4, -0.2) is 13.2 Å². The fourth-order valence-corrected chi connectivity index (χ4v) is 1.08. The molecule has 0 aliphatic carbocycles. The first-order chi connectivity index (χ1) is 3.80. The van der Waals surface area contributed by atoms with Gasteiger partial charge >= 0.3 is 0 Å². The number of rotatable bonds is 1. The largest absolute Gasteiger partial charge is 0.381 e. The van der Waals surface area contributed by atoms with Gasteiger partial charge < -0.3 is 4.74 Å². The summed E-state index contributed by atoms with van der Waals surface area (Å²) in [5.74, 6) is 1.66. The van der Waals surface area contributed by atoms with Crippen molar-refractivity contribution in [2.45, 2.75) is 27.7 Å². The average molecular weight is 130 g/mol. The van der Waals surface area contributed by atoms with Crippen LogP contribution in [0, 0.1) is 11.8 Å². The molecule has 0 unspecified atom stereocenters. The van der Waals surface area contributed by atoms with Crippen LogP contribution in [0.25, 0.3) is 0 Å². The Hall–Kier alpha value is -0.0400. The maximum absolute atomic E-state index is 5.22. The molecule has 9 heavy (non-hydrogen) atoms. The molecule has 1 heteroatoms. The second-order valence-corrected chi connectivity index (χ2v) is 2.87. The summed E-state index contributed by atoms with van der Waals surface area (Å²) in [6, 6.07) is 0. The molecule has 1 heterocycles. The maximum Gasteiger partial charge on any atom is 0.0497 e. The van der Waals surface area contributed by atoms with Gasteiger partial charge in [0.25, 0.3) is 0 Å². The SMILES string of the molecule is C.CC(C)[C@@H]1CCOC1. The van der Waals surface area contributed by atoms with E-state index in [-0.39, 0.29) is 7.43 Å². The Morgan fingerprint density at radius 3 is 2.33 bits per heavy atom. The highest BCUT2D eigenvalue weighted by Gasteiger charge is 2.17. The lowest BCUT2D eigenvalue weighted by Gasteiger charge is -2.09. The minimum Gasteiger partial charge on any atom is -0.381 e. The van der Waals surface area contributed by atoms with Crippen LogP contribution in [0.1, 0.15) is 27.7 Å². The van der Waals surface area contributed by atoms with E-state index in [1.165, 1.54) is 6.42 Å². The van der Waals surface area contributed by atoms with Gasteiger partial charge in [0.05, 0.1) is 0 Å². The first-order valence-corrected chi connectivity index (χ1v) is 3.38. The molecular formula is C8H18O. The van der Waals surface area contributed by atoms with Crippen molar-refractivity contribution in [3.63, 3.8) is 0 Å². The fraction of sp³-hybridized carbons (Fsp3) is 1.00. The smallest absolute Gasteiger partial charge is 0.0497 e. The van der Waals surface area contributed by atoms with Crippen LogP contribution in [0.5, 0.6) is 0 Å². The molecule has 0 bridgehead atoms. The fourth-order valence-electron chi connectivity index (χ4n) is 1.08. The molecule has 1 fully saturated rings. The second-order valence-electron chi connectivity index (χ2n) is 2.87. The molecule has 56 valence electrons. The number of hydrogen-bond acceptors (Lipinski definition) is 1. The highest BCUT2D eigenvalue weighted by molar-refractivity contribution is 4.66. The molecule has 0 radical (unpaired) electrons. The predicted molar refractivity (Wildman–Crippen MR) is 40.5 cm³/mol. The lowest BCUT2D eigenvalue weighted by Crippen LogP contribution is -2.06. The van der Waals surface area contributed by atoms with E-state index < -0.39 is 0 Å². The minimum absolute atomic E-state index is 0. The van der Waals surface area contributed by atoms with Gasteiger partial charge in [0.1, 0.15) is 0 Å². The summed E-state index contributed by atoms with van der Waals surface area (Å²) in [6.45, 7) is 6.51. The van der Waals surface area contributed by atoms with Crippen molar-refractivity contribution in [3.05, 3.63) is 0 Å². The van der Waals surface area contributed by atoms with Gasteiger partial charge in [0.2, 0.25) is 0 Å². The van der Waals surface area contributed by atoms with Gasteiger partial charge in [0, 0.05) is 13.2 Å². The summed E-state index contributed by atoms with van der Waals surface area (Å²) in [4.78, 5) is 0. The maximum atomic E-state index is 5.22. The topological polar surface area (TPSA) is 9.23 Å². The molecule has 1 atom stereocenters. The second kappa shape index (κ2) is 3.89. The zero-order chi connectivity index (χ0) is 5.98. The van der Waals surface area contributed by atoms with Crippen molar-refractivity contribution < 1.29 is 4.74 Å².